The number of carbonyl (C=O) groups excluding carboxylic acids is 1. The van der Waals surface area contributed by atoms with Crippen molar-refractivity contribution in [3.05, 3.63) is 23.0 Å². The number of likely N-dealkylation sites (tertiary alicyclic amines) is 1. The lowest BCUT2D eigenvalue weighted by Gasteiger charge is -2.32. The van der Waals surface area contributed by atoms with E-state index >= 15 is 0 Å². The number of hydrogen-bond donors (Lipinski definition) is 1. The zero-order valence-corrected chi connectivity index (χ0v) is 15.3. The maximum atomic E-state index is 12.7. The number of aryl methyl sites for hydroxylation is 1. The van der Waals surface area contributed by atoms with Gasteiger partial charge in [0, 0.05) is 37.6 Å². The standard InChI is InChI=1S/C17H29N3O2.ClH/c1-4-20-13(2)12-16(14(20)3)17(21)19-9-6-15(7-10-19)22-11-5-8-18;/h12,15H,4-11,18H2,1-3H3;1H. The number of amides is 1. The van der Waals surface area contributed by atoms with Crippen LogP contribution in [0.4, 0.5) is 0 Å². The molecule has 2 N–H and O–H groups in total. The summed E-state index contributed by atoms with van der Waals surface area (Å²) in [6.45, 7) is 10.1. The Balaban J connectivity index is 0.00000264. The lowest BCUT2D eigenvalue weighted by molar-refractivity contribution is 0.00843. The van der Waals surface area contributed by atoms with Gasteiger partial charge in [-0.3, -0.25) is 4.79 Å². The molecule has 132 valence electrons. The summed E-state index contributed by atoms with van der Waals surface area (Å²) in [7, 11) is 0. The molecule has 0 saturated carbocycles. The van der Waals surface area contributed by atoms with Gasteiger partial charge in [-0.05, 0) is 52.6 Å². The molecule has 5 nitrogen and oxygen atoms in total. The van der Waals surface area contributed by atoms with Gasteiger partial charge >= 0.3 is 0 Å². The molecule has 0 unspecified atom stereocenters. The van der Waals surface area contributed by atoms with E-state index in [1.165, 1.54) is 0 Å². The Bertz CT molecular complexity index is 508. The van der Waals surface area contributed by atoms with Crippen molar-refractivity contribution in [3.8, 4) is 0 Å². The average molecular weight is 344 g/mol. The van der Waals surface area contributed by atoms with Crippen LogP contribution in [0, 0.1) is 13.8 Å². The zero-order chi connectivity index (χ0) is 16.1. The van der Waals surface area contributed by atoms with Crippen molar-refractivity contribution in [2.45, 2.75) is 52.7 Å². The molecular weight excluding hydrogens is 314 g/mol. The predicted molar refractivity (Wildman–Crippen MR) is 95.4 cm³/mol. The van der Waals surface area contributed by atoms with Gasteiger partial charge < -0.3 is 19.9 Å². The number of nitrogens with two attached hydrogens (primary N) is 1. The molecule has 1 fully saturated rings. The van der Waals surface area contributed by atoms with Gasteiger partial charge in [-0.2, -0.15) is 0 Å². The van der Waals surface area contributed by atoms with E-state index in [9.17, 15) is 4.79 Å². The number of carbonyl (C=O) groups is 1. The molecule has 23 heavy (non-hydrogen) atoms. The molecule has 1 aliphatic heterocycles. The zero-order valence-electron chi connectivity index (χ0n) is 14.5. The fourth-order valence-corrected chi connectivity index (χ4v) is 3.23. The van der Waals surface area contributed by atoms with Crippen molar-refractivity contribution in [2.24, 2.45) is 5.73 Å². The monoisotopic (exact) mass is 343 g/mol. The van der Waals surface area contributed by atoms with Crippen LogP contribution >= 0.6 is 12.4 Å². The molecule has 2 rings (SSSR count). The van der Waals surface area contributed by atoms with Crippen LogP contribution in [0.25, 0.3) is 0 Å². The number of aromatic nitrogens is 1. The third-order valence-corrected chi connectivity index (χ3v) is 4.55. The summed E-state index contributed by atoms with van der Waals surface area (Å²) in [6, 6.07) is 2.02. The van der Waals surface area contributed by atoms with Crippen LogP contribution in [0.3, 0.4) is 0 Å². The van der Waals surface area contributed by atoms with Crippen LogP contribution in [-0.2, 0) is 11.3 Å². The van der Waals surface area contributed by atoms with Crippen LogP contribution in [0.1, 0.15) is 47.9 Å². The Kier molecular flexibility index (Phi) is 8.09. The highest BCUT2D eigenvalue weighted by Crippen LogP contribution is 2.20. The van der Waals surface area contributed by atoms with Crippen LogP contribution < -0.4 is 5.73 Å². The number of halogens is 1. The fourth-order valence-electron chi connectivity index (χ4n) is 3.23. The highest BCUT2D eigenvalue weighted by molar-refractivity contribution is 5.95. The molecular formula is C17H30ClN3O2. The van der Waals surface area contributed by atoms with E-state index in [0.29, 0.717) is 6.54 Å². The van der Waals surface area contributed by atoms with Crippen molar-refractivity contribution in [2.75, 3.05) is 26.2 Å². The molecule has 1 aromatic rings. The molecule has 1 aliphatic rings. The first-order chi connectivity index (χ1) is 10.6. The summed E-state index contributed by atoms with van der Waals surface area (Å²) in [5.74, 6) is 0.160. The molecule has 1 amide bonds. The number of ether oxygens (including phenoxy) is 1. The molecule has 0 bridgehead atoms. The first-order valence-electron chi connectivity index (χ1n) is 8.36. The Morgan fingerprint density at radius 1 is 1.35 bits per heavy atom. The van der Waals surface area contributed by atoms with Crippen LogP contribution in [0.15, 0.2) is 6.07 Å². The SMILES string of the molecule is CCn1c(C)cc(C(=O)N2CCC(OCCCN)CC2)c1C.Cl. The van der Waals surface area contributed by atoms with Gasteiger partial charge in [0.05, 0.1) is 11.7 Å². The first-order valence-corrected chi connectivity index (χ1v) is 8.36. The van der Waals surface area contributed by atoms with Gasteiger partial charge in [0.1, 0.15) is 0 Å². The fraction of sp³-hybridized carbons (Fsp3) is 0.706. The summed E-state index contributed by atoms with van der Waals surface area (Å²) in [6.07, 6.45) is 3.02. The van der Waals surface area contributed by atoms with E-state index in [2.05, 4.69) is 18.4 Å². The molecule has 6 heteroatoms. The summed E-state index contributed by atoms with van der Waals surface area (Å²) < 4.78 is 7.99. The number of rotatable bonds is 6. The molecule has 0 aromatic carbocycles. The average Bonchev–Trinajstić information content (AvgIpc) is 2.82. The third-order valence-electron chi connectivity index (χ3n) is 4.55. The molecule has 0 spiro atoms. The van der Waals surface area contributed by atoms with E-state index in [0.717, 1.165) is 62.5 Å². The topological polar surface area (TPSA) is 60.5 Å². The smallest absolute Gasteiger partial charge is 0.255 e. The lowest BCUT2D eigenvalue weighted by atomic mass is 10.1. The predicted octanol–water partition coefficient (Wildman–Crippen LogP) is 2.52. The summed E-state index contributed by atoms with van der Waals surface area (Å²) in [4.78, 5) is 14.7. The minimum absolute atomic E-state index is 0. The molecule has 2 heterocycles. The van der Waals surface area contributed by atoms with Crippen molar-refractivity contribution in [3.63, 3.8) is 0 Å². The van der Waals surface area contributed by atoms with E-state index < -0.39 is 0 Å². The van der Waals surface area contributed by atoms with Gasteiger partial charge in [-0.15, -0.1) is 12.4 Å². The van der Waals surface area contributed by atoms with E-state index in [4.69, 9.17) is 10.5 Å². The van der Waals surface area contributed by atoms with Crippen LogP contribution in [0.2, 0.25) is 0 Å². The van der Waals surface area contributed by atoms with Gasteiger partial charge in [0.25, 0.3) is 5.91 Å². The maximum absolute atomic E-state index is 12.7. The maximum Gasteiger partial charge on any atom is 0.255 e. The number of hydrogen-bond acceptors (Lipinski definition) is 3. The normalized spacial score (nSPS) is 15.6. The summed E-state index contributed by atoms with van der Waals surface area (Å²) in [5.41, 5.74) is 8.56. The highest BCUT2D eigenvalue weighted by atomic mass is 35.5. The first kappa shape index (κ1) is 20.0. The van der Waals surface area contributed by atoms with Gasteiger partial charge in [-0.1, -0.05) is 0 Å². The lowest BCUT2D eigenvalue weighted by Crippen LogP contribution is -2.41. The largest absolute Gasteiger partial charge is 0.378 e. The van der Waals surface area contributed by atoms with E-state index in [-0.39, 0.29) is 24.4 Å². The summed E-state index contributed by atoms with van der Waals surface area (Å²) >= 11 is 0. The molecule has 0 atom stereocenters. The van der Waals surface area contributed by atoms with Crippen LogP contribution in [0.5, 0.6) is 0 Å². The van der Waals surface area contributed by atoms with Crippen molar-refractivity contribution >= 4 is 18.3 Å². The van der Waals surface area contributed by atoms with Gasteiger partial charge in [-0.25, -0.2) is 0 Å². The summed E-state index contributed by atoms with van der Waals surface area (Å²) in [5, 5.41) is 0. The Morgan fingerprint density at radius 2 is 2.00 bits per heavy atom. The Morgan fingerprint density at radius 3 is 2.52 bits per heavy atom. The third kappa shape index (κ3) is 4.72. The van der Waals surface area contributed by atoms with Crippen molar-refractivity contribution in [1.29, 1.82) is 0 Å². The molecule has 1 aromatic heterocycles. The second-order valence-electron chi connectivity index (χ2n) is 6.03. The Labute approximate surface area is 145 Å². The minimum Gasteiger partial charge on any atom is -0.378 e. The highest BCUT2D eigenvalue weighted by Gasteiger charge is 2.26. The second kappa shape index (κ2) is 9.30. The van der Waals surface area contributed by atoms with Crippen molar-refractivity contribution in [1.82, 2.24) is 9.47 Å². The van der Waals surface area contributed by atoms with E-state index in [1.54, 1.807) is 0 Å². The number of nitrogens with zero attached hydrogens (tertiary/aromatic N) is 2. The van der Waals surface area contributed by atoms with Gasteiger partial charge in [0.15, 0.2) is 0 Å². The number of piperidine rings is 1. The van der Waals surface area contributed by atoms with Crippen LogP contribution in [-0.4, -0.2) is 47.7 Å². The minimum atomic E-state index is 0. The van der Waals surface area contributed by atoms with E-state index in [1.807, 2.05) is 17.9 Å². The second-order valence-corrected chi connectivity index (χ2v) is 6.03. The quantitative estimate of drug-likeness (QED) is 0.807. The molecule has 0 aliphatic carbocycles. The van der Waals surface area contributed by atoms with Gasteiger partial charge in [0.2, 0.25) is 0 Å². The van der Waals surface area contributed by atoms with Crippen molar-refractivity contribution < 1.29 is 9.53 Å². The Hall–Kier alpha value is -1.04. The molecule has 1 saturated heterocycles. The molecule has 0 radical (unpaired) electrons.